The Hall–Kier alpha value is -1.75. The molecule has 18 heavy (non-hydrogen) atoms. The number of rotatable bonds is 4. The molecule has 1 aromatic carbocycles. The number of fused-ring (bicyclic) bond motifs is 1. The second-order valence-electron chi connectivity index (χ2n) is 4.39. The first-order valence-corrected chi connectivity index (χ1v) is 5.83. The molecule has 0 spiro atoms. The highest BCUT2D eigenvalue weighted by Gasteiger charge is 2.20. The fourth-order valence-corrected chi connectivity index (χ4v) is 1.69. The van der Waals surface area contributed by atoms with Crippen LogP contribution in [0.4, 0.5) is 0 Å². The van der Waals surface area contributed by atoms with Crippen LogP contribution in [0.15, 0.2) is 18.2 Å². The van der Waals surface area contributed by atoms with E-state index in [1.165, 1.54) is 0 Å². The SMILES string of the molecule is CC(C)OC(=O)[C@H](O)Cc1ccc2c(c1)OCO2. The van der Waals surface area contributed by atoms with Crippen LogP contribution in [-0.2, 0) is 16.0 Å². The number of carbonyl (C=O) groups excluding carboxylic acids is 1. The number of aliphatic hydroxyl groups excluding tert-OH is 1. The number of hydrogen-bond donors (Lipinski definition) is 1. The molecule has 0 radical (unpaired) electrons. The molecule has 0 saturated carbocycles. The highest BCUT2D eigenvalue weighted by atomic mass is 16.7. The van der Waals surface area contributed by atoms with Gasteiger partial charge in [-0.05, 0) is 31.5 Å². The molecule has 0 aliphatic carbocycles. The van der Waals surface area contributed by atoms with Gasteiger partial charge in [-0.25, -0.2) is 4.79 Å². The number of aliphatic hydroxyl groups is 1. The summed E-state index contributed by atoms with van der Waals surface area (Å²) in [5, 5.41) is 9.72. The van der Waals surface area contributed by atoms with E-state index in [9.17, 15) is 9.90 Å². The van der Waals surface area contributed by atoms with Gasteiger partial charge in [0.1, 0.15) is 0 Å². The third-order valence-electron chi connectivity index (χ3n) is 2.49. The van der Waals surface area contributed by atoms with Gasteiger partial charge in [0.25, 0.3) is 0 Å². The monoisotopic (exact) mass is 252 g/mol. The smallest absolute Gasteiger partial charge is 0.335 e. The van der Waals surface area contributed by atoms with Crippen molar-refractivity contribution < 1.29 is 24.1 Å². The van der Waals surface area contributed by atoms with Gasteiger partial charge < -0.3 is 19.3 Å². The molecule has 0 fully saturated rings. The van der Waals surface area contributed by atoms with Crippen molar-refractivity contribution in [3.05, 3.63) is 23.8 Å². The molecule has 98 valence electrons. The third kappa shape index (κ3) is 2.92. The second-order valence-corrected chi connectivity index (χ2v) is 4.39. The van der Waals surface area contributed by atoms with E-state index in [1.807, 2.05) is 0 Å². The predicted molar refractivity (Wildman–Crippen MR) is 63.5 cm³/mol. The van der Waals surface area contributed by atoms with Crippen molar-refractivity contribution in [1.29, 1.82) is 0 Å². The molecule has 0 amide bonds. The van der Waals surface area contributed by atoms with Gasteiger partial charge in [-0.1, -0.05) is 6.07 Å². The van der Waals surface area contributed by atoms with Crippen LogP contribution in [0.2, 0.25) is 0 Å². The van der Waals surface area contributed by atoms with Gasteiger partial charge in [0.05, 0.1) is 6.10 Å². The molecule has 5 heteroatoms. The van der Waals surface area contributed by atoms with Crippen LogP contribution in [0.5, 0.6) is 11.5 Å². The average molecular weight is 252 g/mol. The Morgan fingerprint density at radius 2 is 2.11 bits per heavy atom. The molecular weight excluding hydrogens is 236 g/mol. The van der Waals surface area contributed by atoms with E-state index >= 15 is 0 Å². The standard InChI is InChI=1S/C13H16O5/c1-8(2)18-13(15)10(14)5-9-3-4-11-12(6-9)17-7-16-11/h3-4,6,8,10,14H,5,7H2,1-2H3/t10-/m1/s1. The molecule has 1 aromatic rings. The Kier molecular flexibility index (Phi) is 3.72. The summed E-state index contributed by atoms with van der Waals surface area (Å²) in [6, 6.07) is 5.31. The van der Waals surface area contributed by atoms with E-state index in [0.29, 0.717) is 11.5 Å². The highest BCUT2D eigenvalue weighted by Crippen LogP contribution is 2.32. The summed E-state index contributed by atoms with van der Waals surface area (Å²) in [5.41, 5.74) is 0.799. The number of esters is 1. The Morgan fingerprint density at radius 3 is 2.83 bits per heavy atom. The third-order valence-corrected chi connectivity index (χ3v) is 2.49. The summed E-state index contributed by atoms with van der Waals surface area (Å²) in [5.74, 6) is 0.706. The molecule has 2 rings (SSSR count). The maximum absolute atomic E-state index is 11.5. The van der Waals surface area contributed by atoms with Crippen molar-refractivity contribution in [2.75, 3.05) is 6.79 Å². The molecular formula is C13H16O5. The first-order valence-electron chi connectivity index (χ1n) is 5.83. The van der Waals surface area contributed by atoms with E-state index in [-0.39, 0.29) is 19.3 Å². The normalized spacial score (nSPS) is 14.7. The zero-order valence-electron chi connectivity index (χ0n) is 10.4. The van der Waals surface area contributed by atoms with Gasteiger partial charge in [-0.2, -0.15) is 0 Å². The van der Waals surface area contributed by atoms with E-state index in [2.05, 4.69) is 0 Å². The minimum absolute atomic E-state index is 0.197. The number of hydrogen-bond acceptors (Lipinski definition) is 5. The minimum atomic E-state index is -1.16. The number of ether oxygens (including phenoxy) is 3. The maximum Gasteiger partial charge on any atom is 0.335 e. The lowest BCUT2D eigenvalue weighted by atomic mass is 10.1. The highest BCUT2D eigenvalue weighted by molar-refractivity contribution is 5.75. The molecule has 1 atom stereocenters. The largest absolute Gasteiger partial charge is 0.461 e. The van der Waals surface area contributed by atoms with E-state index in [1.54, 1.807) is 32.0 Å². The van der Waals surface area contributed by atoms with E-state index in [4.69, 9.17) is 14.2 Å². The summed E-state index contributed by atoms with van der Waals surface area (Å²) in [7, 11) is 0. The van der Waals surface area contributed by atoms with Crippen LogP contribution in [0.1, 0.15) is 19.4 Å². The molecule has 1 heterocycles. The lowest BCUT2D eigenvalue weighted by Crippen LogP contribution is -2.27. The lowest BCUT2D eigenvalue weighted by molar-refractivity contribution is -0.157. The van der Waals surface area contributed by atoms with Crippen molar-refractivity contribution >= 4 is 5.97 Å². The molecule has 1 N–H and O–H groups in total. The fourth-order valence-electron chi connectivity index (χ4n) is 1.69. The van der Waals surface area contributed by atoms with Gasteiger partial charge in [0.15, 0.2) is 17.6 Å². The molecule has 1 aliphatic rings. The summed E-state index contributed by atoms with van der Waals surface area (Å²) in [4.78, 5) is 11.5. The summed E-state index contributed by atoms with van der Waals surface area (Å²) >= 11 is 0. The average Bonchev–Trinajstić information content (AvgIpc) is 2.75. The first-order chi connectivity index (χ1) is 8.56. The van der Waals surface area contributed by atoms with Crippen molar-refractivity contribution in [3.8, 4) is 11.5 Å². The quantitative estimate of drug-likeness (QED) is 0.817. The number of benzene rings is 1. The maximum atomic E-state index is 11.5. The van der Waals surface area contributed by atoms with Crippen molar-refractivity contribution in [2.45, 2.75) is 32.5 Å². The van der Waals surface area contributed by atoms with Crippen molar-refractivity contribution in [2.24, 2.45) is 0 Å². The van der Waals surface area contributed by atoms with Gasteiger partial charge in [0.2, 0.25) is 6.79 Å². The molecule has 1 aliphatic heterocycles. The Bertz CT molecular complexity index is 441. The van der Waals surface area contributed by atoms with Crippen LogP contribution >= 0.6 is 0 Å². The Morgan fingerprint density at radius 1 is 1.39 bits per heavy atom. The first kappa shape index (κ1) is 12.7. The second kappa shape index (κ2) is 5.27. The zero-order valence-corrected chi connectivity index (χ0v) is 10.4. The summed E-state index contributed by atoms with van der Waals surface area (Å²) < 4.78 is 15.3. The van der Waals surface area contributed by atoms with Crippen LogP contribution in [0.25, 0.3) is 0 Å². The van der Waals surface area contributed by atoms with E-state index < -0.39 is 12.1 Å². The summed E-state index contributed by atoms with van der Waals surface area (Å²) in [6.07, 6.45) is -1.20. The van der Waals surface area contributed by atoms with Crippen molar-refractivity contribution in [1.82, 2.24) is 0 Å². The molecule has 0 aromatic heterocycles. The van der Waals surface area contributed by atoms with Crippen LogP contribution in [-0.4, -0.2) is 30.1 Å². The predicted octanol–water partition coefficient (Wildman–Crippen LogP) is 1.27. The minimum Gasteiger partial charge on any atom is -0.461 e. The topological polar surface area (TPSA) is 65.0 Å². The van der Waals surface area contributed by atoms with Crippen molar-refractivity contribution in [3.63, 3.8) is 0 Å². The zero-order chi connectivity index (χ0) is 13.1. The van der Waals surface area contributed by atoms with Crippen LogP contribution < -0.4 is 9.47 Å². The van der Waals surface area contributed by atoms with Gasteiger partial charge in [-0.3, -0.25) is 0 Å². The van der Waals surface area contributed by atoms with Crippen LogP contribution in [0, 0.1) is 0 Å². The van der Waals surface area contributed by atoms with E-state index in [0.717, 1.165) is 5.56 Å². The Labute approximate surface area is 105 Å². The van der Waals surface area contributed by atoms with Gasteiger partial charge in [-0.15, -0.1) is 0 Å². The van der Waals surface area contributed by atoms with Gasteiger partial charge >= 0.3 is 5.97 Å². The number of carbonyl (C=O) groups is 1. The lowest BCUT2D eigenvalue weighted by Gasteiger charge is -2.13. The molecule has 0 saturated heterocycles. The molecule has 0 unspecified atom stereocenters. The molecule has 5 nitrogen and oxygen atoms in total. The Balaban J connectivity index is 1.99. The molecule has 0 bridgehead atoms. The summed E-state index contributed by atoms with van der Waals surface area (Å²) in [6.45, 7) is 3.69. The van der Waals surface area contributed by atoms with Gasteiger partial charge in [0, 0.05) is 6.42 Å². The van der Waals surface area contributed by atoms with Crippen LogP contribution in [0.3, 0.4) is 0 Å². The fraction of sp³-hybridized carbons (Fsp3) is 0.462.